The Morgan fingerprint density at radius 3 is 0.444 bits per heavy atom. The Labute approximate surface area is 75.2 Å². The number of hydrogen-bond acceptors (Lipinski definition) is 0. The number of rotatable bonds is 0. The normalized spacial score (nSPS) is 2.67. The zero-order valence-electron chi connectivity index (χ0n) is 7.21. The monoisotopic (exact) mass is 219 g/mol. The molecule has 0 rings (SSSR count). The third-order valence-electron chi connectivity index (χ3n) is 0. The molecule has 0 atom stereocenters. The zero-order valence-corrected chi connectivity index (χ0v) is 9.06. The van der Waals surface area contributed by atoms with Gasteiger partial charge in [0.05, 0.1) is 0 Å². The molecule has 9 heavy (non-hydrogen) atoms. The maximum atomic E-state index is 3.25. The van der Waals surface area contributed by atoms with E-state index in [0.717, 1.165) is 0 Å². The summed E-state index contributed by atoms with van der Waals surface area (Å²) >= 11 is 0. The Kier molecular flexibility index (Phi) is 4800. The Morgan fingerprint density at radius 2 is 0.444 bits per heavy atom. The zero-order chi connectivity index (χ0) is 8.00. The van der Waals surface area contributed by atoms with E-state index in [1.165, 1.54) is 0 Å². The van der Waals surface area contributed by atoms with E-state index in [4.69, 9.17) is 0 Å². The first-order valence-corrected chi connectivity index (χ1v) is 2.83. The van der Waals surface area contributed by atoms with Crippen LogP contribution in [0.1, 0.15) is 27.7 Å². The number of hydrogen-bond donors (Lipinski definition) is 0. The van der Waals surface area contributed by atoms with Crippen molar-refractivity contribution in [2.45, 2.75) is 27.7 Å². The summed E-state index contributed by atoms with van der Waals surface area (Å²) in [7, 11) is 0. The molecule has 0 aliphatic heterocycles. The van der Waals surface area contributed by atoms with Crippen molar-refractivity contribution in [3.8, 4) is 0 Å². The molecule has 0 saturated carbocycles. The SMILES string of the molecule is [CH2-]C.[CH2-]C.[CH2-]C.[CH2-]C.[RuH]. The predicted molar refractivity (Wildman–Crippen MR) is 45.5 cm³/mol. The molecule has 0 bridgehead atoms. The van der Waals surface area contributed by atoms with Crippen molar-refractivity contribution in [2.75, 3.05) is 0 Å². The summed E-state index contributed by atoms with van der Waals surface area (Å²) in [6.45, 7) is 20.0. The molecule has 0 radical (unpaired) electrons. The second kappa shape index (κ2) is 1290. The predicted octanol–water partition coefficient (Wildman–Crippen LogP) is 3.09. The molecule has 0 N–H and O–H groups in total. The van der Waals surface area contributed by atoms with Gasteiger partial charge < -0.3 is 27.7 Å². The second-order valence-electron chi connectivity index (χ2n) is 0. The van der Waals surface area contributed by atoms with E-state index in [-0.39, 0.29) is 19.5 Å². The van der Waals surface area contributed by atoms with Gasteiger partial charge in [-0.1, -0.05) is 0 Å². The molecule has 0 aliphatic carbocycles. The molecule has 0 unspecified atom stereocenters. The van der Waals surface area contributed by atoms with E-state index in [0.29, 0.717) is 0 Å². The minimum absolute atomic E-state index is 0. The minimum atomic E-state index is 0. The van der Waals surface area contributed by atoms with E-state index in [1.807, 2.05) is 0 Å². The summed E-state index contributed by atoms with van der Waals surface area (Å²) in [4.78, 5) is 0. The van der Waals surface area contributed by atoms with Crippen LogP contribution in [0.15, 0.2) is 0 Å². The fourth-order valence-corrected chi connectivity index (χ4v) is 0. The fourth-order valence-electron chi connectivity index (χ4n) is 0. The van der Waals surface area contributed by atoms with Gasteiger partial charge in [-0.05, 0) is 0 Å². The molecule has 0 heterocycles. The van der Waals surface area contributed by atoms with Gasteiger partial charge >= 0.3 is 19.5 Å². The van der Waals surface area contributed by atoms with E-state index >= 15 is 0 Å². The summed E-state index contributed by atoms with van der Waals surface area (Å²) in [5, 5.41) is 0. The molecule has 0 aromatic heterocycles. The van der Waals surface area contributed by atoms with Crippen LogP contribution in [0.4, 0.5) is 0 Å². The van der Waals surface area contributed by atoms with Crippen molar-refractivity contribution >= 4 is 0 Å². The van der Waals surface area contributed by atoms with Gasteiger partial charge in [0.2, 0.25) is 0 Å². The van der Waals surface area contributed by atoms with Crippen LogP contribution >= 0.6 is 0 Å². The molecule has 0 fully saturated rings. The molecule has 0 aliphatic rings. The standard InChI is InChI=1S/4C2H5.Ru.H/c4*1-2;;/h4*1H2,2H3;;/q4*-1;;. The molecule has 0 nitrogen and oxygen atoms in total. The summed E-state index contributed by atoms with van der Waals surface area (Å²) < 4.78 is 0. The van der Waals surface area contributed by atoms with Crippen LogP contribution < -0.4 is 0 Å². The summed E-state index contributed by atoms with van der Waals surface area (Å²) in [5.74, 6) is 0. The van der Waals surface area contributed by atoms with Gasteiger partial charge in [0.15, 0.2) is 0 Å². The topological polar surface area (TPSA) is 0 Å². The van der Waals surface area contributed by atoms with E-state index < -0.39 is 0 Å². The van der Waals surface area contributed by atoms with Crippen LogP contribution in [-0.4, -0.2) is 0 Å². The molecular weight excluding hydrogens is 197 g/mol. The van der Waals surface area contributed by atoms with Crippen LogP contribution in [0.2, 0.25) is 0 Å². The van der Waals surface area contributed by atoms with Crippen molar-refractivity contribution in [2.24, 2.45) is 0 Å². The van der Waals surface area contributed by atoms with Crippen molar-refractivity contribution in [3.63, 3.8) is 0 Å². The van der Waals surface area contributed by atoms with Crippen LogP contribution in [-0.2, 0) is 19.5 Å². The van der Waals surface area contributed by atoms with Gasteiger partial charge in [-0.3, -0.25) is 0 Å². The Morgan fingerprint density at radius 1 is 0.444 bits per heavy atom. The molecule has 65 valence electrons. The maximum absolute atomic E-state index is 3.25. The van der Waals surface area contributed by atoms with Crippen molar-refractivity contribution in [1.82, 2.24) is 0 Å². The molecule has 0 saturated heterocycles. The molecule has 0 spiro atoms. The Bertz CT molecular complexity index is 4.53. The second-order valence-corrected chi connectivity index (χ2v) is 0. The van der Waals surface area contributed by atoms with Gasteiger partial charge in [-0.2, -0.15) is 27.7 Å². The van der Waals surface area contributed by atoms with Crippen LogP contribution in [0.3, 0.4) is 0 Å². The van der Waals surface area contributed by atoms with Crippen LogP contribution in [0.5, 0.6) is 0 Å². The van der Waals surface area contributed by atoms with Gasteiger partial charge in [0.1, 0.15) is 0 Å². The Balaban J connectivity index is -0.00000000762. The van der Waals surface area contributed by atoms with Crippen molar-refractivity contribution in [1.29, 1.82) is 0 Å². The summed E-state index contributed by atoms with van der Waals surface area (Å²) in [6.07, 6.45) is 0. The first-order chi connectivity index (χ1) is 4.00. The first-order valence-electron chi connectivity index (χ1n) is 2.83. The summed E-state index contributed by atoms with van der Waals surface area (Å²) in [5.41, 5.74) is 0. The average molecular weight is 218 g/mol. The van der Waals surface area contributed by atoms with Gasteiger partial charge in [0, 0.05) is 0 Å². The fraction of sp³-hybridized carbons (Fsp3) is 0.500. The van der Waals surface area contributed by atoms with E-state index in [1.54, 1.807) is 27.7 Å². The molecule has 1 heteroatoms. The van der Waals surface area contributed by atoms with Gasteiger partial charge in [-0.15, -0.1) is 0 Å². The van der Waals surface area contributed by atoms with Crippen molar-refractivity contribution in [3.05, 3.63) is 27.7 Å². The van der Waals surface area contributed by atoms with E-state index in [2.05, 4.69) is 27.7 Å². The van der Waals surface area contributed by atoms with Gasteiger partial charge in [-0.25, -0.2) is 0 Å². The quantitative estimate of drug-likeness (QED) is 0.433. The van der Waals surface area contributed by atoms with Crippen LogP contribution in [0.25, 0.3) is 0 Å². The first kappa shape index (κ1) is 33.5. The molecule has 0 aromatic rings. The third-order valence-corrected chi connectivity index (χ3v) is 0. The third kappa shape index (κ3) is 973. The molecular formula is C8H21Ru-4. The van der Waals surface area contributed by atoms with Gasteiger partial charge in [0.25, 0.3) is 0 Å². The molecule has 0 aromatic carbocycles. The molecule has 0 amide bonds. The van der Waals surface area contributed by atoms with Crippen LogP contribution in [0, 0.1) is 27.7 Å². The Hall–Kier alpha value is 0.623. The summed E-state index contributed by atoms with van der Waals surface area (Å²) in [6, 6.07) is 0. The average Bonchev–Trinajstić information content (AvgIpc) is 2.03. The van der Waals surface area contributed by atoms with Crippen molar-refractivity contribution < 1.29 is 19.5 Å². The van der Waals surface area contributed by atoms with E-state index in [9.17, 15) is 0 Å².